The van der Waals surface area contributed by atoms with Crippen molar-refractivity contribution in [2.75, 3.05) is 52.5 Å². The summed E-state index contributed by atoms with van der Waals surface area (Å²) >= 11 is 0. The van der Waals surface area contributed by atoms with Crippen LogP contribution < -0.4 is 5.32 Å². The molecule has 0 radical (unpaired) electrons. The van der Waals surface area contributed by atoms with Crippen LogP contribution >= 0.6 is 0 Å². The van der Waals surface area contributed by atoms with E-state index in [0.29, 0.717) is 36.9 Å². The molecule has 1 aromatic heterocycles. The maximum absolute atomic E-state index is 12.6. The lowest BCUT2D eigenvalue weighted by Crippen LogP contribution is -2.41. The minimum atomic E-state index is -0.211. The molecule has 1 N–H and O–H groups in total. The molecule has 3 heterocycles. The number of ether oxygens (including phenoxy) is 1. The summed E-state index contributed by atoms with van der Waals surface area (Å²) in [7, 11) is 0. The average Bonchev–Trinajstić information content (AvgIpc) is 3.33. The van der Waals surface area contributed by atoms with Crippen molar-refractivity contribution >= 4 is 11.8 Å². The van der Waals surface area contributed by atoms with Gasteiger partial charge in [-0.2, -0.15) is 5.10 Å². The number of hydrogen-bond donors (Lipinski definition) is 1. The van der Waals surface area contributed by atoms with Gasteiger partial charge >= 0.3 is 0 Å². The Morgan fingerprint density at radius 1 is 1.24 bits per heavy atom. The van der Waals surface area contributed by atoms with Crippen molar-refractivity contribution in [2.24, 2.45) is 5.92 Å². The van der Waals surface area contributed by atoms with Crippen LogP contribution in [0.2, 0.25) is 0 Å². The van der Waals surface area contributed by atoms with Gasteiger partial charge in [-0.1, -0.05) is 0 Å². The smallest absolute Gasteiger partial charge is 0.272 e. The Bertz CT molecular complexity index is 649. The molecule has 3 aliphatic rings. The van der Waals surface area contributed by atoms with Gasteiger partial charge in [0.05, 0.1) is 19.8 Å². The Labute approximate surface area is 147 Å². The van der Waals surface area contributed by atoms with E-state index in [9.17, 15) is 9.59 Å². The highest BCUT2D eigenvalue weighted by atomic mass is 16.5. The van der Waals surface area contributed by atoms with E-state index in [-0.39, 0.29) is 11.8 Å². The van der Waals surface area contributed by atoms with E-state index in [2.05, 4.69) is 15.3 Å². The van der Waals surface area contributed by atoms with E-state index in [1.165, 1.54) is 12.8 Å². The molecule has 0 unspecified atom stereocenters. The summed E-state index contributed by atoms with van der Waals surface area (Å²) in [5, 5.41) is 7.22. The highest BCUT2D eigenvalue weighted by Crippen LogP contribution is 2.30. The van der Waals surface area contributed by atoms with Crippen molar-refractivity contribution in [1.29, 1.82) is 0 Å². The fourth-order valence-electron chi connectivity index (χ4n) is 3.38. The topological polar surface area (TPSA) is 79.7 Å². The Hall–Kier alpha value is -1.93. The number of aromatic nitrogens is 2. The van der Waals surface area contributed by atoms with Crippen LogP contribution in [0.25, 0.3) is 0 Å². The van der Waals surface area contributed by atoms with Gasteiger partial charge in [0.2, 0.25) is 0 Å². The summed E-state index contributed by atoms with van der Waals surface area (Å²) in [6, 6.07) is 1.63. The summed E-state index contributed by atoms with van der Waals surface area (Å²) in [4.78, 5) is 29.0. The van der Waals surface area contributed by atoms with Crippen molar-refractivity contribution in [1.82, 2.24) is 24.9 Å². The zero-order chi connectivity index (χ0) is 17.2. The normalized spacial score (nSPS) is 21.3. The average molecular weight is 347 g/mol. The Morgan fingerprint density at radius 2 is 2.04 bits per heavy atom. The molecule has 0 bridgehead atoms. The molecule has 1 aromatic rings. The molecular weight excluding hydrogens is 322 g/mol. The van der Waals surface area contributed by atoms with Gasteiger partial charge in [-0.05, 0) is 18.8 Å². The van der Waals surface area contributed by atoms with E-state index < -0.39 is 0 Å². The molecule has 2 aliphatic heterocycles. The molecule has 8 nitrogen and oxygen atoms in total. The highest BCUT2D eigenvalue weighted by molar-refractivity contribution is 5.98. The van der Waals surface area contributed by atoms with Crippen LogP contribution in [0.3, 0.4) is 0 Å². The number of fused-ring (bicyclic) bond motifs is 1. The van der Waals surface area contributed by atoms with Crippen LogP contribution in [0.5, 0.6) is 0 Å². The lowest BCUT2D eigenvalue weighted by molar-refractivity contribution is 0.0383. The van der Waals surface area contributed by atoms with Crippen molar-refractivity contribution < 1.29 is 14.3 Å². The summed E-state index contributed by atoms with van der Waals surface area (Å²) in [6.45, 7) is 6.86. The standard InChI is InChI=1S/C17H25N5O3/c23-16(18-3-4-20-7-9-25-10-8-20)14-11-15-17(24)21(12-13-1-2-13)5-6-22(15)19-14/h11,13H,1-10,12H2,(H,18,23). The first-order valence-electron chi connectivity index (χ1n) is 9.16. The highest BCUT2D eigenvalue weighted by Gasteiger charge is 2.32. The van der Waals surface area contributed by atoms with E-state index in [1.54, 1.807) is 10.7 Å². The number of hydrogen-bond acceptors (Lipinski definition) is 5. The molecular formula is C17H25N5O3. The van der Waals surface area contributed by atoms with Gasteiger partial charge in [0, 0.05) is 45.3 Å². The summed E-state index contributed by atoms with van der Waals surface area (Å²) < 4.78 is 6.98. The SMILES string of the molecule is O=C(NCCN1CCOCC1)c1cc2n(n1)CCN(CC1CC1)C2=O. The molecule has 8 heteroatoms. The van der Waals surface area contributed by atoms with Crippen LogP contribution in [0.1, 0.15) is 33.8 Å². The number of nitrogens with zero attached hydrogens (tertiary/aromatic N) is 4. The molecule has 1 saturated heterocycles. The van der Waals surface area contributed by atoms with Crippen molar-refractivity contribution in [2.45, 2.75) is 19.4 Å². The number of rotatable bonds is 6. The summed E-state index contributed by atoms with van der Waals surface area (Å²) in [5.41, 5.74) is 0.865. The maximum Gasteiger partial charge on any atom is 0.272 e. The van der Waals surface area contributed by atoms with Crippen LogP contribution in [0, 0.1) is 5.92 Å². The van der Waals surface area contributed by atoms with Crippen LogP contribution in [-0.4, -0.2) is 83.9 Å². The van der Waals surface area contributed by atoms with Crippen LogP contribution in [-0.2, 0) is 11.3 Å². The van der Waals surface area contributed by atoms with E-state index >= 15 is 0 Å². The number of carbonyl (C=O) groups excluding carboxylic acids is 2. The second-order valence-electron chi connectivity index (χ2n) is 7.04. The minimum Gasteiger partial charge on any atom is -0.379 e. The van der Waals surface area contributed by atoms with Gasteiger partial charge in [-0.15, -0.1) is 0 Å². The predicted molar refractivity (Wildman–Crippen MR) is 90.4 cm³/mol. The van der Waals surface area contributed by atoms with E-state index in [4.69, 9.17) is 4.74 Å². The zero-order valence-electron chi connectivity index (χ0n) is 14.4. The molecule has 0 atom stereocenters. The monoisotopic (exact) mass is 347 g/mol. The molecule has 1 saturated carbocycles. The summed E-state index contributed by atoms with van der Waals surface area (Å²) in [6.07, 6.45) is 2.44. The number of morpholine rings is 1. The quantitative estimate of drug-likeness (QED) is 0.772. The Morgan fingerprint density at radius 3 is 2.80 bits per heavy atom. The Kier molecular flexibility index (Phi) is 4.72. The third-order valence-corrected chi connectivity index (χ3v) is 5.09. The summed E-state index contributed by atoms with van der Waals surface area (Å²) in [5.74, 6) is 0.455. The van der Waals surface area contributed by atoms with Gasteiger partial charge in [0.1, 0.15) is 5.69 Å². The molecule has 1 aliphatic carbocycles. The predicted octanol–water partition coefficient (Wildman–Crippen LogP) is -0.189. The second kappa shape index (κ2) is 7.13. The number of carbonyl (C=O) groups is 2. The van der Waals surface area contributed by atoms with Gasteiger partial charge < -0.3 is 15.0 Å². The van der Waals surface area contributed by atoms with Crippen molar-refractivity contribution in [3.05, 3.63) is 17.5 Å². The molecule has 0 spiro atoms. The molecule has 25 heavy (non-hydrogen) atoms. The molecule has 2 fully saturated rings. The lowest BCUT2D eigenvalue weighted by Gasteiger charge is -2.27. The third kappa shape index (κ3) is 3.85. The van der Waals surface area contributed by atoms with Crippen LogP contribution in [0.4, 0.5) is 0 Å². The molecule has 136 valence electrons. The fourth-order valence-corrected chi connectivity index (χ4v) is 3.38. The van der Waals surface area contributed by atoms with Crippen molar-refractivity contribution in [3.63, 3.8) is 0 Å². The second-order valence-corrected chi connectivity index (χ2v) is 7.04. The van der Waals surface area contributed by atoms with E-state index in [1.807, 2.05) is 4.90 Å². The van der Waals surface area contributed by atoms with Crippen molar-refractivity contribution in [3.8, 4) is 0 Å². The number of nitrogens with one attached hydrogen (secondary N) is 1. The zero-order valence-corrected chi connectivity index (χ0v) is 14.4. The minimum absolute atomic E-state index is 0.00184. The molecule has 2 amide bonds. The largest absolute Gasteiger partial charge is 0.379 e. The first-order valence-corrected chi connectivity index (χ1v) is 9.16. The lowest BCUT2D eigenvalue weighted by atomic mass is 10.2. The van der Waals surface area contributed by atoms with Gasteiger partial charge in [0.25, 0.3) is 11.8 Å². The van der Waals surface area contributed by atoms with E-state index in [0.717, 1.165) is 39.4 Å². The maximum atomic E-state index is 12.6. The third-order valence-electron chi connectivity index (χ3n) is 5.09. The van der Waals surface area contributed by atoms with Gasteiger partial charge in [-0.3, -0.25) is 19.2 Å². The molecule has 4 rings (SSSR count). The fraction of sp³-hybridized carbons (Fsp3) is 0.706. The first kappa shape index (κ1) is 16.5. The molecule has 0 aromatic carbocycles. The van der Waals surface area contributed by atoms with Crippen LogP contribution in [0.15, 0.2) is 6.07 Å². The number of amides is 2. The Balaban J connectivity index is 1.32. The first-order chi connectivity index (χ1) is 12.2. The van der Waals surface area contributed by atoms with Gasteiger partial charge in [0.15, 0.2) is 5.69 Å². The van der Waals surface area contributed by atoms with Gasteiger partial charge in [-0.25, -0.2) is 0 Å².